The Morgan fingerprint density at radius 1 is 1.35 bits per heavy atom. The summed E-state index contributed by atoms with van der Waals surface area (Å²) in [5.41, 5.74) is 0. The van der Waals surface area contributed by atoms with Crippen LogP contribution in [0, 0.1) is 0 Å². The number of amides is 2. The molecule has 5 nitrogen and oxygen atoms in total. The minimum atomic E-state index is -0.191. The van der Waals surface area contributed by atoms with Gasteiger partial charge in [-0.2, -0.15) is 0 Å². The average molecular weight is 240 g/mol. The summed E-state index contributed by atoms with van der Waals surface area (Å²) in [6.07, 6.45) is 3.10. The quantitative estimate of drug-likeness (QED) is 0.745. The standard InChI is InChI=1S/C12H20N2O3/c1-2-3-11(15)13-6-4-10(5-7-13)14-8-9-17-12(14)16/h10H,2-9H2,1H3. The van der Waals surface area contributed by atoms with Gasteiger partial charge in [-0.1, -0.05) is 6.92 Å². The zero-order valence-corrected chi connectivity index (χ0v) is 10.4. The maximum Gasteiger partial charge on any atom is 0.410 e. The lowest BCUT2D eigenvalue weighted by atomic mass is 10.0. The molecule has 0 aliphatic carbocycles. The number of cyclic esters (lactones) is 1. The van der Waals surface area contributed by atoms with Crippen molar-refractivity contribution in [2.45, 2.75) is 38.6 Å². The van der Waals surface area contributed by atoms with E-state index in [4.69, 9.17) is 4.74 Å². The van der Waals surface area contributed by atoms with Crippen LogP contribution in [0.4, 0.5) is 4.79 Å². The molecule has 2 saturated heterocycles. The Bertz CT molecular complexity index is 298. The predicted octanol–water partition coefficient (Wildman–Crippen LogP) is 1.23. The molecule has 0 spiro atoms. The minimum absolute atomic E-state index is 0.191. The van der Waals surface area contributed by atoms with E-state index in [1.165, 1.54) is 0 Å². The van der Waals surface area contributed by atoms with Crippen molar-refractivity contribution in [3.05, 3.63) is 0 Å². The van der Waals surface area contributed by atoms with Crippen molar-refractivity contribution < 1.29 is 14.3 Å². The van der Waals surface area contributed by atoms with Crippen LogP contribution in [0.15, 0.2) is 0 Å². The van der Waals surface area contributed by atoms with E-state index in [1.54, 1.807) is 0 Å². The lowest BCUT2D eigenvalue weighted by Crippen LogP contribution is -2.47. The van der Waals surface area contributed by atoms with E-state index in [0.29, 0.717) is 19.6 Å². The molecule has 0 aromatic heterocycles. The van der Waals surface area contributed by atoms with E-state index in [1.807, 2.05) is 16.7 Å². The number of rotatable bonds is 3. The third-order valence-electron chi connectivity index (χ3n) is 3.51. The Labute approximate surface area is 102 Å². The van der Waals surface area contributed by atoms with Crippen molar-refractivity contribution >= 4 is 12.0 Å². The van der Waals surface area contributed by atoms with E-state index >= 15 is 0 Å². The molecule has 0 N–H and O–H groups in total. The summed E-state index contributed by atoms with van der Waals surface area (Å²) in [5, 5.41) is 0. The molecule has 2 aliphatic rings. The summed E-state index contributed by atoms with van der Waals surface area (Å²) in [7, 11) is 0. The van der Waals surface area contributed by atoms with Crippen molar-refractivity contribution in [2.24, 2.45) is 0 Å². The van der Waals surface area contributed by atoms with Gasteiger partial charge < -0.3 is 14.5 Å². The summed E-state index contributed by atoms with van der Waals surface area (Å²) >= 11 is 0. The summed E-state index contributed by atoms with van der Waals surface area (Å²) in [4.78, 5) is 26.9. The van der Waals surface area contributed by atoms with Gasteiger partial charge in [-0.15, -0.1) is 0 Å². The van der Waals surface area contributed by atoms with E-state index in [9.17, 15) is 9.59 Å². The highest BCUT2D eigenvalue weighted by Gasteiger charge is 2.32. The monoisotopic (exact) mass is 240 g/mol. The average Bonchev–Trinajstić information content (AvgIpc) is 2.76. The number of nitrogens with zero attached hydrogens (tertiary/aromatic N) is 2. The lowest BCUT2D eigenvalue weighted by molar-refractivity contribution is -0.132. The molecule has 2 aliphatic heterocycles. The fourth-order valence-corrected chi connectivity index (χ4v) is 2.54. The Hall–Kier alpha value is -1.26. The molecule has 5 heteroatoms. The van der Waals surface area contributed by atoms with Crippen LogP contribution in [-0.2, 0) is 9.53 Å². The van der Waals surface area contributed by atoms with Crippen LogP contribution in [0.1, 0.15) is 32.6 Å². The lowest BCUT2D eigenvalue weighted by Gasteiger charge is -2.35. The third kappa shape index (κ3) is 2.70. The molecule has 0 atom stereocenters. The van der Waals surface area contributed by atoms with Gasteiger partial charge in [0, 0.05) is 25.6 Å². The molecule has 0 unspecified atom stereocenters. The van der Waals surface area contributed by atoms with Crippen LogP contribution < -0.4 is 0 Å². The number of carbonyl (C=O) groups is 2. The molecular weight excluding hydrogens is 220 g/mol. The van der Waals surface area contributed by atoms with Crippen molar-refractivity contribution in [1.82, 2.24) is 9.80 Å². The molecule has 2 heterocycles. The van der Waals surface area contributed by atoms with Gasteiger partial charge in [0.1, 0.15) is 6.61 Å². The molecule has 17 heavy (non-hydrogen) atoms. The highest BCUT2D eigenvalue weighted by Crippen LogP contribution is 2.20. The largest absolute Gasteiger partial charge is 0.448 e. The van der Waals surface area contributed by atoms with Gasteiger partial charge in [-0.05, 0) is 19.3 Å². The normalized spacial score (nSPS) is 21.8. The van der Waals surface area contributed by atoms with Gasteiger partial charge in [-0.25, -0.2) is 4.79 Å². The van der Waals surface area contributed by atoms with Gasteiger partial charge in [0.15, 0.2) is 0 Å². The maximum absolute atomic E-state index is 11.7. The van der Waals surface area contributed by atoms with Crippen molar-refractivity contribution in [1.29, 1.82) is 0 Å². The second kappa shape index (κ2) is 5.38. The first-order chi connectivity index (χ1) is 8.22. The molecule has 2 rings (SSSR count). The van der Waals surface area contributed by atoms with E-state index < -0.39 is 0 Å². The molecule has 2 amide bonds. The Kier molecular flexibility index (Phi) is 3.86. The van der Waals surface area contributed by atoms with Crippen molar-refractivity contribution in [3.63, 3.8) is 0 Å². The maximum atomic E-state index is 11.7. The van der Waals surface area contributed by atoms with E-state index in [2.05, 4.69) is 0 Å². The number of likely N-dealkylation sites (tertiary alicyclic amines) is 1. The minimum Gasteiger partial charge on any atom is -0.448 e. The first-order valence-corrected chi connectivity index (χ1v) is 6.43. The van der Waals surface area contributed by atoms with Gasteiger partial charge in [0.2, 0.25) is 5.91 Å². The van der Waals surface area contributed by atoms with E-state index in [0.717, 1.165) is 32.4 Å². The number of carbonyl (C=O) groups excluding carboxylic acids is 2. The number of hydrogen-bond acceptors (Lipinski definition) is 3. The first kappa shape index (κ1) is 12.2. The van der Waals surface area contributed by atoms with Crippen LogP contribution in [0.2, 0.25) is 0 Å². The van der Waals surface area contributed by atoms with Crippen LogP contribution in [0.3, 0.4) is 0 Å². The molecule has 0 aromatic carbocycles. The molecule has 96 valence electrons. The summed E-state index contributed by atoms with van der Waals surface area (Å²) in [6, 6.07) is 0.260. The number of piperidine rings is 1. The van der Waals surface area contributed by atoms with E-state index in [-0.39, 0.29) is 18.0 Å². The Morgan fingerprint density at radius 2 is 2.06 bits per heavy atom. The van der Waals surface area contributed by atoms with Crippen LogP contribution in [-0.4, -0.2) is 54.1 Å². The van der Waals surface area contributed by atoms with Gasteiger partial charge >= 0.3 is 6.09 Å². The summed E-state index contributed by atoms with van der Waals surface area (Å²) < 4.78 is 4.94. The SMILES string of the molecule is CCCC(=O)N1CCC(N2CCOC2=O)CC1. The second-order valence-corrected chi connectivity index (χ2v) is 4.67. The molecule has 0 saturated carbocycles. The zero-order valence-electron chi connectivity index (χ0n) is 10.4. The van der Waals surface area contributed by atoms with Gasteiger partial charge in [0.05, 0.1) is 6.54 Å². The molecular formula is C12H20N2O3. The second-order valence-electron chi connectivity index (χ2n) is 4.67. The third-order valence-corrected chi connectivity index (χ3v) is 3.51. The zero-order chi connectivity index (χ0) is 12.3. The highest BCUT2D eigenvalue weighted by molar-refractivity contribution is 5.76. The predicted molar refractivity (Wildman–Crippen MR) is 62.6 cm³/mol. The topological polar surface area (TPSA) is 49.9 Å². The van der Waals surface area contributed by atoms with Crippen LogP contribution in [0.5, 0.6) is 0 Å². The van der Waals surface area contributed by atoms with Crippen LogP contribution in [0.25, 0.3) is 0 Å². The molecule has 0 radical (unpaired) electrons. The van der Waals surface area contributed by atoms with Gasteiger partial charge in [-0.3, -0.25) is 4.79 Å². The first-order valence-electron chi connectivity index (χ1n) is 6.43. The van der Waals surface area contributed by atoms with Gasteiger partial charge in [0.25, 0.3) is 0 Å². The molecule has 0 aromatic rings. The van der Waals surface area contributed by atoms with Crippen LogP contribution >= 0.6 is 0 Å². The van der Waals surface area contributed by atoms with Crippen molar-refractivity contribution in [3.8, 4) is 0 Å². The van der Waals surface area contributed by atoms with Crippen molar-refractivity contribution in [2.75, 3.05) is 26.2 Å². The molecule has 0 bridgehead atoms. The fraction of sp³-hybridized carbons (Fsp3) is 0.833. The summed E-state index contributed by atoms with van der Waals surface area (Å²) in [5.74, 6) is 0.245. The number of ether oxygens (including phenoxy) is 1. The fourth-order valence-electron chi connectivity index (χ4n) is 2.54. The summed E-state index contributed by atoms with van der Waals surface area (Å²) in [6.45, 7) is 4.77. The Morgan fingerprint density at radius 3 is 2.59 bits per heavy atom. The smallest absolute Gasteiger partial charge is 0.410 e. The Balaban J connectivity index is 1.81. The molecule has 2 fully saturated rings. The highest BCUT2D eigenvalue weighted by atomic mass is 16.6. The number of hydrogen-bond donors (Lipinski definition) is 0.